The summed E-state index contributed by atoms with van der Waals surface area (Å²) in [5.74, 6) is 0.226. The smallest absolute Gasteiger partial charge is 0.410 e. The largest absolute Gasteiger partial charge is 0.448 e. The van der Waals surface area contributed by atoms with Gasteiger partial charge in [0, 0.05) is 31.0 Å². The minimum atomic E-state index is -0.266. The van der Waals surface area contributed by atoms with Crippen molar-refractivity contribution in [2.45, 2.75) is 31.7 Å². The fraction of sp³-hybridized carbons (Fsp3) is 0.409. The molecule has 1 aliphatic heterocycles. The summed E-state index contributed by atoms with van der Waals surface area (Å²) in [7, 11) is 0. The van der Waals surface area contributed by atoms with E-state index in [0.29, 0.717) is 13.2 Å². The number of piperidine rings is 1. The van der Waals surface area contributed by atoms with E-state index in [1.54, 1.807) is 4.90 Å². The molecule has 4 heteroatoms. The van der Waals surface area contributed by atoms with E-state index >= 15 is 0 Å². The molecule has 2 aromatic rings. The lowest BCUT2D eigenvalue weighted by Gasteiger charge is -2.38. The van der Waals surface area contributed by atoms with E-state index < -0.39 is 0 Å². The Bertz CT molecular complexity index is 758. The average molecular weight is 351 g/mol. The van der Waals surface area contributed by atoms with Gasteiger partial charge in [-0.2, -0.15) is 0 Å². The molecule has 26 heavy (non-hydrogen) atoms. The Labute approximate surface area is 154 Å². The van der Waals surface area contributed by atoms with Gasteiger partial charge in [0.2, 0.25) is 0 Å². The monoisotopic (exact) mass is 351 g/mol. The minimum absolute atomic E-state index is 0.0180. The normalized spacial score (nSPS) is 22.0. The molecule has 4 rings (SSSR count). The number of carbonyl (C=O) groups excluding carboxylic acids is 1. The van der Waals surface area contributed by atoms with E-state index in [9.17, 15) is 9.90 Å². The van der Waals surface area contributed by atoms with Gasteiger partial charge in [-0.25, -0.2) is 4.79 Å². The van der Waals surface area contributed by atoms with E-state index in [1.807, 2.05) is 19.1 Å². The molecule has 1 aliphatic carbocycles. The number of rotatable bonds is 3. The maximum atomic E-state index is 12.7. The van der Waals surface area contributed by atoms with Crippen molar-refractivity contribution in [1.82, 2.24) is 4.90 Å². The molecule has 0 radical (unpaired) electrons. The zero-order valence-corrected chi connectivity index (χ0v) is 15.1. The second kappa shape index (κ2) is 7.12. The summed E-state index contributed by atoms with van der Waals surface area (Å²) in [4.78, 5) is 14.4. The van der Waals surface area contributed by atoms with Crippen LogP contribution in [0, 0.1) is 5.92 Å². The number of nitrogens with zero attached hydrogens (tertiary/aromatic N) is 1. The first-order valence-electron chi connectivity index (χ1n) is 9.43. The van der Waals surface area contributed by atoms with Crippen molar-refractivity contribution in [3.05, 3.63) is 59.7 Å². The van der Waals surface area contributed by atoms with E-state index in [1.165, 1.54) is 22.3 Å². The van der Waals surface area contributed by atoms with Crippen LogP contribution in [0.25, 0.3) is 11.1 Å². The maximum Gasteiger partial charge on any atom is 0.410 e. The molecule has 0 spiro atoms. The quantitative estimate of drug-likeness (QED) is 0.908. The topological polar surface area (TPSA) is 49.8 Å². The van der Waals surface area contributed by atoms with Crippen molar-refractivity contribution in [3.63, 3.8) is 0 Å². The van der Waals surface area contributed by atoms with E-state index in [2.05, 4.69) is 36.4 Å². The molecule has 4 nitrogen and oxygen atoms in total. The van der Waals surface area contributed by atoms with Crippen LogP contribution in [0.1, 0.15) is 36.8 Å². The predicted octanol–water partition coefficient (Wildman–Crippen LogP) is 4.03. The van der Waals surface area contributed by atoms with Crippen molar-refractivity contribution < 1.29 is 14.6 Å². The lowest BCUT2D eigenvalue weighted by Crippen LogP contribution is -2.48. The second-order valence-corrected chi connectivity index (χ2v) is 7.32. The molecule has 0 aromatic heterocycles. The van der Waals surface area contributed by atoms with Crippen molar-refractivity contribution in [3.8, 4) is 11.1 Å². The highest BCUT2D eigenvalue weighted by Crippen LogP contribution is 2.44. The number of likely N-dealkylation sites (tertiary alicyclic amines) is 1. The van der Waals surface area contributed by atoms with Crippen LogP contribution in [0.3, 0.4) is 0 Å². The molecule has 2 atom stereocenters. The number of hydrogen-bond acceptors (Lipinski definition) is 3. The van der Waals surface area contributed by atoms with Gasteiger partial charge in [-0.05, 0) is 42.0 Å². The second-order valence-electron chi connectivity index (χ2n) is 7.32. The molecule has 136 valence electrons. The fourth-order valence-electron chi connectivity index (χ4n) is 4.40. The van der Waals surface area contributed by atoms with Crippen LogP contribution >= 0.6 is 0 Å². The summed E-state index contributed by atoms with van der Waals surface area (Å²) in [5, 5.41) is 9.50. The Kier molecular flexibility index (Phi) is 4.68. The van der Waals surface area contributed by atoms with Gasteiger partial charge in [-0.1, -0.05) is 48.5 Å². The highest BCUT2D eigenvalue weighted by Gasteiger charge is 2.33. The van der Waals surface area contributed by atoms with Gasteiger partial charge in [0.05, 0.1) is 0 Å². The summed E-state index contributed by atoms with van der Waals surface area (Å²) in [6.07, 6.45) is 1.61. The number of amides is 1. The van der Waals surface area contributed by atoms with Crippen molar-refractivity contribution in [1.29, 1.82) is 0 Å². The Hall–Kier alpha value is -2.33. The van der Waals surface area contributed by atoms with Crippen molar-refractivity contribution >= 4 is 6.09 Å². The van der Waals surface area contributed by atoms with E-state index in [-0.39, 0.29) is 30.6 Å². The minimum Gasteiger partial charge on any atom is -0.448 e. The van der Waals surface area contributed by atoms with Crippen LogP contribution in [-0.4, -0.2) is 41.9 Å². The van der Waals surface area contributed by atoms with E-state index in [0.717, 1.165) is 12.8 Å². The fourth-order valence-corrected chi connectivity index (χ4v) is 4.40. The third-order valence-corrected chi connectivity index (χ3v) is 5.95. The van der Waals surface area contributed by atoms with Gasteiger partial charge >= 0.3 is 6.09 Å². The van der Waals surface area contributed by atoms with Crippen LogP contribution in [0.15, 0.2) is 48.5 Å². The van der Waals surface area contributed by atoms with E-state index in [4.69, 9.17) is 4.74 Å². The molecule has 0 saturated carbocycles. The number of aliphatic hydroxyl groups is 1. The lowest BCUT2D eigenvalue weighted by atomic mass is 9.91. The van der Waals surface area contributed by atoms with Crippen molar-refractivity contribution in [2.24, 2.45) is 5.92 Å². The molecule has 1 heterocycles. The summed E-state index contributed by atoms with van der Waals surface area (Å²) >= 11 is 0. The SMILES string of the molecule is C[C@@H]1[C@H](CO)CCCN1C(=O)OCC1c2ccccc2-c2ccccc21. The standard InChI is InChI=1S/C22H25NO3/c1-15-16(13-24)7-6-12-23(15)22(25)26-14-21-19-10-4-2-8-17(19)18-9-3-5-11-20(18)21/h2-5,8-11,15-16,21,24H,6-7,12-14H2,1H3/t15-,16+/m1/s1. The van der Waals surface area contributed by atoms with Crippen LogP contribution < -0.4 is 0 Å². The van der Waals surface area contributed by atoms with Crippen molar-refractivity contribution in [2.75, 3.05) is 19.8 Å². The van der Waals surface area contributed by atoms with Gasteiger partial charge < -0.3 is 14.7 Å². The van der Waals surface area contributed by atoms with Crippen LogP contribution in [0.4, 0.5) is 4.79 Å². The molecule has 0 unspecified atom stereocenters. The number of ether oxygens (including phenoxy) is 1. The molecular weight excluding hydrogens is 326 g/mol. The van der Waals surface area contributed by atoms with Gasteiger partial charge in [0.25, 0.3) is 0 Å². The maximum absolute atomic E-state index is 12.7. The molecule has 1 N–H and O–H groups in total. The highest BCUT2D eigenvalue weighted by atomic mass is 16.6. The average Bonchev–Trinajstić information content (AvgIpc) is 3.00. The predicted molar refractivity (Wildman–Crippen MR) is 101 cm³/mol. The molecule has 0 bridgehead atoms. The zero-order chi connectivity index (χ0) is 18.1. The van der Waals surface area contributed by atoms with Gasteiger partial charge in [0.15, 0.2) is 0 Å². The summed E-state index contributed by atoms with van der Waals surface area (Å²) < 4.78 is 5.75. The number of carbonyl (C=O) groups is 1. The molecule has 2 aliphatic rings. The first-order valence-corrected chi connectivity index (χ1v) is 9.43. The first-order chi connectivity index (χ1) is 12.7. The third kappa shape index (κ3) is 2.88. The Morgan fingerprint density at radius 3 is 2.35 bits per heavy atom. The van der Waals surface area contributed by atoms with Crippen LogP contribution in [0.5, 0.6) is 0 Å². The zero-order valence-electron chi connectivity index (χ0n) is 15.1. The Balaban J connectivity index is 1.50. The number of hydrogen-bond donors (Lipinski definition) is 1. The molecule has 2 aromatic carbocycles. The number of fused-ring (bicyclic) bond motifs is 3. The lowest BCUT2D eigenvalue weighted by molar-refractivity contribution is 0.0416. The molecule has 1 fully saturated rings. The molecular formula is C22H25NO3. The first kappa shape index (κ1) is 17.1. The van der Waals surface area contributed by atoms with Gasteiger partial charge in [-0.15, -0.1) is 0 Å². The summed E-state index contributed by atoms with van der Waals surface area (Å²) in [5.41, 5.74) is 4.91. The molecule has 1 amide bonds. The Morgan fingerprint density at radius 2 is 1.73 bits per heavy atom. The summed E-state index contributed by atoms with van der Waals surface area (Å²) in [6, 6.07) is 16.7. The number of benzene rings is 2. The highest BCUT2D eigenvalue weighted by molar-refractivity contribution is 5.79. The van der Waals surface area contributed by atoms with Gasteiger partial charge in [-0.3, -0.25) is 0 Å². The Morgan fingerprint density at radius 1 is 1.12 bits per heavy atom. The van der Waals surface area contributed by atoms with Crippen LogP contribution in [0.2, 0.25) is 0 Å². The number of aliphatic hydroxyl groups excluding tert-OH is 1. The molecule has 1 saturated heterocycles. The van der Waals surface area contributed by atoms with Crippen LogP contribution in [-0.2, 0) is 4.74 Å². The van der Waals surface area contributed by atoms with Gasteiger partial charge in [0.1, 0.15) is 6.61 Å². The third-order valence-electron chi connectivity index (χ3n) is 5.95. The summed E-state index contributed by atoms with van der Waals surface area (Å²) in [6.45, 7) is 3.17.